The van der Waals surface area contributed by atoms with E-state index in [0.717, 1.165) is 43.9 Å². The van der Waals surface area contributed by atoms with Gasteiger partial charge in [0.2, 0.25) is 0 Å². The van der Waals surface area contributed by atoms with Crippen molar-refractivity contribution < 1.29 is 35.8 Å². The summed E-state index contributed by atoms with van der Waals surface area (Å²) >= 11 is 0. The number of nitrogens with zero attached hydrogens (tertiary/aromatic N) is 2. The summed E-state index contributed by atoms with van der Waals surface area (Å²) in [5.74, 6) is 1.71. The molecule has 4 nitrogen and oxygen atoms in total. The first-order valence-corrected chi connectivity index (χ1v) is 19.0. The van der Waals surface area contributed by atoms with Crippen molar-refractivity contribution >= 4 is 54.9 Å². The van der Waals surface area contributed by atoms with Gasteiger partial charge in [-0.3, -0.25) is 9.13 Å². The molecular formula is C49H47AuN2O2-. The first-order chi connectivity index (χ1) is 25.6. The van der Waals surface area contributed by atoms with E-state index in [4.69, 9.17) is 8.83 Å². The quantitative estimate of drug-likeness (QED) is 0.0947. The molecule has 6 aromatic carbocycles. The fourth-order valence-corrected chi connectivity index (χ4v) is 7.77. The third-order valence-electron chi connectivity index (χ3n) is 10.5. The summed E-state index contributed by atoms with van der Waals surface area (Å²) in [7, 11) is 0. The molecule has 0 saturated heterocycles. The van der Waals surface area contributed by atoms with Gasteiger partial charge in [-0.15, -0.1) is 0 Å². The number of furan rings is 2. The largest absolute Gasteiger partial charge is 0.510 e. The summed E-state index contributed by atoms with van der Waals surface area (Å²) in [6.07, 6.45) is 3.84. The molecule has 0 aliphatic rings. The fourth-order valence-electron chi connectivity index (χ4n) is 7.77. The molecule has 0 aliphatic carbocycles. The van der Waals surface area contributed by atoms with Crippen molar-refractivity contribution in [2.45, 2.75) is 79.1 Å². The van der Waals surface area contributed by atoms with E-state index in [1.807, 2.05) is 48.5 Å². The van der Waals surface area contributed by atoms with Gasteiger partial charge in [0.25, 0.3) is 6.33 Å². The van der Waals surface area contributed by atoms with Gasteiger partial charge in [-0.2, -0.15) is 0 Å². The van der Waals surface area contributed by atoms with Gasteiger partial charge in [-0.25, -0.2) is 0 Å². The number of fused-ring (bicyclic) bond motifs is 7. The van der Waals surface area contributed by atoms with Gasteiger partial charge in [0.05, 0.1) is 33.6 Å². The van der Waals surface area contributed by atoms with Gasteiger partial charge in [0, 0.05) is 28.0 Å². The van der Waals surface area contributed by atoms with Crippen LogP contribution in [-0.2, 0) is 22.4 Å². The summed E-state index contributed by atoms with van der Waals surface area (Å²) in [6, 6.07) is 43.7. The Morgan fingerprint density at radius 2 is 1.04 bits per heavy atom. The number of hydrogen-bond acceptors (Lipinski definition) is 2. The molecule has 0 N–H and O–H groups in total. The molecule has 0 fully saturated rings. The van der Waals surface area contributed by atoms with Crippen LogP contribution in [0.2, 0.25) is 0 Å². The van der Waals surface area contributed by atoms with Gasteiger partial charge in [-0.05, 0) is 63.4 Å². The van der Waals surface area contributed by atoms with Crippen molar-refractivity contribution in [2.24, 2.45) is 0 Å². The molecule has 0 saturated carbocycles. The van der Waals surface area contributed by atoms with E-state index < -0.39 is 0 Å². The Morgan fingerprint density at radius 3 is 1.65 bits per heavy atom. The van der Waals surface area contributed by atoms with Crippen LogP contribution >= 0.6 is 0 Å². The van der Waals surface area contributed by atoms with E-state index >= 15 is 0 Å². The van der Waals surface area contributed by atoms with Crippen LogP contribution in [0.25, 0.3) is 66.3 Å². The number of rotatable bonds is 6. The third kappa shape index (κ3) is 6.51. The number of imidazole rings is 1. The minimum atomic E-state index is 0. The molecule has 277 valence electrons. The Hall–Kier alpha value is -4.87. The standard InChI is InChI=1S/C31H38N2.C18H9O2.Au/c1-20(2)24-13-11-14-25(21(3)4)30(24)32-19-33(29-18-10-9-17-28(29)32)31-26(22(5)6)15-12-16-27(31)23(7)8;1-3-7-15-11(5-1)13-9-18-14(10-17(13)19-15)12-6-2-4-8-16(12)20-18;/h9-18,20-23H,1-8H3;1-9H;/q;-1;. The van der Waals surface area contributed by atoms with Crippen molar-refractivity contribution in [3.63, 3.8) is 0 Å². The predicted octanol–water partition coefficient (Wildman–Crippen LogP) is 13.5. The maximum Gasteiger partial charge on any atom is 0.269 e. The van der Waals surface area contributed by atoms with E-state index in [-0.39, 0.29) is 22.4 Å². The molecule has 0 spiro atoms. The number of benzene rings is 6. The monoisotopic (exact) mass is 892 g/mol. The topological polar surface area (TPSA) is 35.1 Å². The van der Waals surface area contributed by atoms with Gasteiger partial charge in [0.1, 0.15) is 5.58 Å². The summed E-state index contributed by atoms with van der Waals surface area (Å²) < 4.78 is 16.4. The third-order valence-corrected chi connectivity index (χ3v) is 10.5. The van der Waals surface area contributed by atoms with Gasteiger partial charge < -0.3 is 8.83 Å². The van der Waals surface area contributed by atoms with Crippen LogP contribution in [0.1, 0.15) is 101 Å². The summed E-state index contributed by atoms with van der Waals surface area (Å²) in [5.41, 5.74) is 13.8. The molecular weight excluding hydrogens is 846 g/mol. The number of aromatic nitrogens is 2. The summed E-state index contributed by atoms with van der Waals surface area (Å²) in [5, 5.41) is 4.20. The summed E-state index contributed by atoms with van der Waals surface area (Å²) in [6.45, 7) is 18.3. The van der Waals surface area contributed by atoms with Crippen LogP contribution in [0.15, 0.2) is 124 Å². The van der Waals surface area contributed by atoms with Crippen LogP contribution in [-0.4, -0.2) is 4.57 Å². The van der Waals surface area contributed by atoms with Crippen molar-refractivity contribution in [2.75, 3.05) is 0 Å². The second-order valence-electron chi connectivity index (χ2n) is 15.4. The predicted molar refractivity (Wildman–Crippen MR) is 220 cm³/mol. The van der Waals surface area contributed by atoms with Gasteiger partial charge in [-0.1, -0.05) is 181 Å². The molecule has 3 heterocycles. The average molecular weight is 893 g/mol. The van der Waals surface area contributed by atoms with E-state index in [1.165, 1.54) is 44.7 Å². The average Bonchev–Trinajstić information content (AvgIpc) is 3.84. The Labute approximate surface area is 333 Å². The molecule has 5 heteroatoms. The maximum atomic E-state index is 5.91. The SMILES string of the molecule is CC(C)c1cccc(C(C)C)c1-n1[c-][n+](-c2c(C(C)C)cccc2C(C)C)c2ccccc21.[Au].[c-]1c2oc3ccccc3c2cc2oc3ccccc3c12. The smallest absolute Gasteiger partial charge is 0.269 e. The normalized spacial score (nSPS) is 11.9. The van der Waals surface area contributed by atoms with E-state index in [9.17, 15) is 0 Å². The zero-order valence-electron chi connectivity index (χ0n) is 32.3. The molecule has 0 atom stereocenters. The molecule has 1 radical (unpaired) electrons. The van der Waals surface area contributed by atoms with Crippen LogP contribution < -0.4 is 4.57 Å². The van der Waals surface area contributed by atoms with Crippen molar-refractivity contribution in [3.05, 3.63) is 150 Å². The number of para-hydroxylation sites is 6. The van der Waals surface area contributed by atoms with Crippen molar-refractivity contribution in [1.29, 1.82) is 0 Å². The second-order valence-corrected chi connectivity index (χ2v) is 15.4. The van der Waals surface area contributed by atoms with Gasteiger partial charge in [0.15, 0.2) is 0 Å². The molecule has 3 aromatic heterocycles. The first kappa shape index (κ1) is 37.4. The Morgan fingerprint density at radius 1 is 0.519 bits per heavy atom. The molecule has 9 aromatic rings. The zero-order chi connectivity index (χ0) is 37.0. The van der Waals surface area contributed by atoms with Crippen LogP contribution in [0.4, 0.5) is 0 Å². The maximum absolute atomic E-state index is 5.91. The molecule has 0 aliphatic heterocycles. The van der Waals surface area contributed by atoms with E-state index in [0.29, 0.717) is 23.7 Å². The summed E-state index contributed by atoms with van der Waals surface area (Å²) in [4.78, 5) is 0. The molecule has 54 heavy (non-hydrogen) atoms. The molecule has 0 bridgehead atoms. The van der Waals surface area contributed by atoms with Crippen LogP contribution in [0.5, 0.6) is 0 Å². The Bertz CT molecular complexity index is 2520. The zero-order valence-corrected chi connectivity index (χ0v) is 34.5. The van der Waals surface area contributed by atoms with E-state index in [1.54, 1.807) is 0 Å². The first-order valence-electron chi connectivity index (χ1n) is 19.0. The molecule has 9 rings (SSSR count). The van der Waals surface area contributed by atoms with Gasteiger partial charge >= 0.3 is 0 Å². The minimum Gasteiger partial charge on any atom is -0.510 e. The van der Waals surface area contributed by atoms with Crippen molar-refractivity contribution in [1.82, 2.24) is 4.57 Å². The molecule has 0 unspecified atom stereocenters. The number of hydrogen-bond donors (Lipinski definition) is 0. The van der Waals surface area contributed by atoms with E-state index in [2.05, 4.69) is 144 Å². The molecule has 0 amide bonds. The van der Waals surface area contributed by atoms with Crippen molar-refractivity contribution in [3.8, 4) is 11.4 Å². The Kier molecular flexibility index (Phi) is 10.5. The van der Waals surface area contributed by atoms with Crippen LogP contribution in [0, 0.1) is 12.4 Å². The minimum absolute atomic E-state index is 0. The second kappa shape index (κ2) is 15.1. The fraction of sp³-hybridized carbons (Fsp3) is 0.245. The Balaban J connectivity index is 0.000000182. The van der Waals surface area contributed by atoms with Crippen LogP contribution in [0.3, 0.4) is 0 Å².